The van der Waals surface area contributed by atoms with Crippen LogP contribution in [0.15, 0.2) is 54.6 Å². The topological polar surface area (TPSA) is 50.2 Å². The van der Waals surface area contributed by atoms with Crippen molar-refractivity contribution >= 4 is 40.4 Å². The Morgan fingerprint density at radius 1 is 1.00 bits per heavy atom. The largest absolute Gasteiger partial charge is 0.416 e. The molecule has 1 N–H and O–H groups in total. The number of carbonyl (C=O) groups is 1. The highest BCUT2D eigenvalue weighted by Crippen LogP contribution is 2.36. The summed E-state index contributed by atoms with van der Waals surface area (Å²) < 4.78 is 40.2. The van der Waals surface area contributed by atoms with Crippen LogP contribution in [0, 0.1) is 18.8 Å². The number of aromatic nitrogens is 2. The van der Waals surface area contributed by atoms with Crippen LogP contribution in [0.3, 0.4) is 0 Å². The van der Waals surface area contributed by atoms with Gasteiger partial charge in [0.1, 0.15) is 0 Å². The van der Waals surface area contributed by atoms with Crippen LogP contribution >= 0.6 is 34.5 Å². The lowest BCUT2D eigenvalue weighted by Crippen LogP contribution is -2.45. The lowest BCUT2D eigenvalue weighted by Gasteiger charge is -2.26. The molecule has 1 aliphatic rings. The number of carbonyl (C=O) groups excluding carboxylic acids is 1. The summed E-state index contributed by atoms with van der Waals surface area (Å²) in [6.07, 6.45) is -1.22. The lowest BCUT2D eigenvalue weighted by molar-refractivity contribution is -0.137. The minimum absolute atomic E-state index is 0.275. The first kappa shape index (κ1) is 28.2. The summed E-state index contributed by atoms with van der Waals surface area (Å²) in [5.74, 6) is 5.63. The van der Waals surface area contributed by atoms with Gasteiger partial charge in [-0.1, -0.05) is 41.5 Å². The predicted octanol–water partition coefficient (Wildman–Crippen LogP) is 7.77. The van der Waals surface area contributed by atoms with E-state index in [0.717, 1.165) is 49.4 Å². The summed E-state index contributed by atoms with van der Waals surface area (Å²) >= 11 is 14.0. The van der Waals surface area contributed by atoms with Gasteiger partial charge in [0.05, 0.1) is 31.7 Å². The average molecular weight is 603 g/mol. The third-order valence-corrected chi connectivity index (χ3v) is 8.02. The molecule has 0 radical (unpaired) electrons. The third kappa shape index (κ3) is 6.21. The molecule has 0 unspecified atom stereocenters. The second kappa shape index (κ2) is 11.7. The third-order valence-electron chi connectivity index (χ3n) is 6.47. The quantitative estimate of drug-likeness (QED) is 0.243. The Hall–Kier alpha value is -3.29. The van der Waals surface area contributed by atoms with Gasteiger partial charge in [-0.2, -0.15) is 18.3 Å². The Bertz CT molecular complexity index is 1610. The van der Waals surface area contributed by atoms with Crippen molar-refractivity contribution in [3.05, 3.63) is 91.9 Å². The predicted molar refractivity (Wildman–Crippen MR) is 152 cm³/mol. The number of halogens is 5. The SMILES string of the molecule is Cc1c(C(=O)NN2CCCCC2)nn(-c2ccc(Cl)cc2Cl)c1-c1ccc(C#Cc2ccc(C(F)(F)F)cc2)s1. The minimum atomic E-state index is -4.40. The maximum Gasteiger partial charge on any atom is 0.416 e. The molecule has 11 heteroatoms. The minimum Gasteiger partial charge on any atom is -0.283 e. The van der Waals surface area contributed by atoms with Gasteiger partial charge in [0.15, 0.2) is 5.69 Å². The van der Waals surface area contributed by atoms with Crippen molar-refractivity contribution in [2.24, 2.45) is 0 Å². The first-order valence-electron chi connectivity index (χ1n) is 12.5. The van der Waals surface area contributed by atoms with E-state index in [1.54, 1.807) is 22.9 Å². The molecule has 5 rings (SSSR count). The van der Waals surface area contributed by atoms with Crippen molar-refractivity contribution in [2.75, 3.05) is 13.1 Å². The summed E-state index contributed by atoms with van der Waals surface area (Å²) in [5, 5.41) is 7.43. The standard InChI is InChI=1S/C29H23Cl2F3N4OS/c1-18-26(28(39)36-37-15-3-2-4-16-37)35-38(24-13-10-21(30)17-23(24)31)27(18)25-14-12-22(40-25)11-7-19-5-8-20(9-6-19)29(32,33)34/h5-6,8-10,12-14,17H,2-4,15-16H2,1H3,(H,36,39). The van der Waals surface area contributed by atoms with Crippen LogP contribution in [0.2, 0.25) is 10.0 Å². The summed E-state index contributed by atoms with van der Waals surface area (Å²) in [7, 11) is 0. The zero-order valence-electron chi connectivity index (χ0n) is 21.3. The second-order valence-electron chi connectivity index (χ2n) is 9.31. The maximum atomic E-state index is 13.3. The van der Waals surface area contributed by atoms with Crippen molar-refractivity contribution in [1.82, 2.24) is 20.2 Å². The van der Waals surface area contributed by atoms with Crippen molar-refractivity contribution in [1.29, 1.82) is 0 Å². The Morgan fingerprint density at radius 3 is 2.40 bits per heavy atom. The van der Waals surface area contributed by atoms with E-state index in [4.69, 9.17) is 23.2 Å². The zero-order chi connectivity index (χ0) is 28.4. The number of thiophene rings is 1. The van der Waals surface area contributed by atoms with E-state index in [1.165, 1.54) is 23.5 Å². The molecular weight excluding hydrogens is 580 g/mol. The van der Waals surface area contributed by atoms with Crippen molar-refractivity contribution in [3.63, 3.8) is 0 Å². The molecule has 0 bridgehead atoms. The van der Waals surface area contributed by atoms with Gasteiger partial charge in [-0.3, -0.25) is 10.2 Å². The molecule has 1 amide bonds. The molecule has 5 nitrogen and oxygen atoms in total. The van der Waals surface area contributed by atoms with E-state index in [9.17, 15) is 18.0 Å². The van der Waals surface area contributed by atoms with Crippen LogP contribution in [0.1, 0.15) is 51.3 Å². The van der Waals surface area contributed by atoms with Crippen molar-refractivity contribution in [3.8, 4) is 28.1 Å². The highest BCUT2D eigenvalue weighted by Gasteiger charge is 2.30. The van der Waals surface area contributed by atoms with Gasteiger partial charge in [0.2, 0.25) is 0 Å². The van der Waals surface area contributed by atoms with E-state index in [1.807, 2.05) is 24.1 Å². The summed E-state index contributed by atoms with van der Waals surface area (Å²) in [4.78, 5) is 14.8. The highest BCUT2D eigenvalue weighted by molar-refractivity contribution is 7.16. The van der Waals surface area contributed by atoms with Gasteiger partial charge < -0.3 is 0 Å². The molecule has 4 aromatic rings. The van der Waals surface area contributed by atoms with Gasteiger partial charge >= 0.3 is 6.18 Å². The monoisotopic (exact) mass is 602 g/mol. The van der Waals surface area contributed by atoms with Crippen LogP contribution < -0.4 is 5.43 Å². The molecule has 1 fully saturated rings. The first-order valence-corrected chi connectivity index (χ1v) is 14.1. The Kier molecular flexibility index (Phi) is 8.24. The number of piperidine rings is 1. The number of hydrazine groups is 1. The van der Waals surface area contributed by atoms with Crippen LogP contribution in [0.25, 0.3) is 16.3 Å². The smallest absolute Gasteiger partial charge is 0.283 e. The van der Waals surface area contributed by atoms with Gasteiger partial charge in [0, 0.05) is 29.2 Å². The van der Waals surface area contributed by atoms with Gasteiger partial charge in [0.25, 0.3) is 5.91 Å². The number of hydrogen-bond donors (Lipinski definition) is 1. The number of rotatable bonds is 4. The summed E-state index contributed by atoms with van der Waals surface area (Å²) in [5.41, 5.74) is 4.91. The Balaban J connectivity index is 1.50. The number of alkyl halides is 3. The van der Waals surface area contributed by atoms with Gasteiger partial charge in [-0.25, -0.2) is 9.69 Å². The molecule has 2 aromatic carbocycles. The van der Waals surface area contributed by atoms with Crippen LogP contribution in [0.4, 0.5) is 13.2 Å². The highest BCUT2D eigenvalue weighted by atomic mass is 35.5. The molecule has 0 saturated carbocycles. The van der Waals surface area contributed by atoms with Crippen LogP contribution in [-0.4, -0.2) is 33.8 Å². The average Bonchev–Trinajstić information content (AvgIpc) is 3.52. The number of nitrogens with zero attached hydrogens (tertiary/aromatic N) is 3. The lowest BCUT2D eigenvalue weighted by atomic mass is 10.1. The van der Waals surface area contributed by atoms with E-state index in [2.05, 4.69) is 22.4 Å². The van der Waals surface area contributed by atoms with E-state index in [-0.39, 0.29) is 11.6 Å². The molecule has 2 aromatic heterocycles. The fourth-order valence-corrected chi connectivity index (χ4v) is 5.88. The maximum absolute atomic E-state index is 13.3. The van der Waals surface area contributed by atoms with Crippen molar-refractivity contribution in [2.45, 2.75) is 32.4 Å². The fourth-order valence-electron chi connectivity index (χ4n) is 4.44. The normalized spacial score (nSPS) is 14.1. The van der Waals surface area contributed by atoms with Crippen LogP contribution in [-0.2, 0) is 6.18 Å². The van der Waals surface area contributed by atoms with Crippen molar-refractivity contribution < 1.29 is 18.0 Å². The number of benzene rings is 2. The van der Waals surface area contributed by atoms with E-state index >= 15 is 0 Å². The van der Waals surface area contributed by atoms with Crippen LogP contribution in [0.5, 0.6) is 0 Å². The molecule has 1 saturated heterocycles. The van der Waals surface area contributed by atoms with E-state index in [0.29, 0.717) is 37.4 Å². The molecule has 1 aliphatic heterocycles. The fraction of sp³-hybridized carbons (Fsp3) is 0.241. The Labute approximate surface area is 243 Å². The summed E-state index contributed by atoms with van der Waals surface area (Å²) in [6, 6.07) is 13.5. The van der Waals surface area contributed by atoms with E-state index < -0.39 is 11.7 Å². The number of nitrogens with one attached hydrogen (secondary N) is 1. The molecular formula is C29H23Cl2F3N4OS. The zero-order valence-corrected chi connectivity index (χ0v) is 23.6. The molecule has 0 atom stereocenters. The Morgan fingerprint density at radius 2 is 1.73 bits per heavy atom. The second-order valence-corrected chi connectivity index (χ2v) is 11.2. The first-order chi connectivity index (χ1) is 19.1. The van der Waals surface area contributed by atoms with Gasteiger partial charge in [-0.05, 0) is 74.4 Å². The molecule has 0 aliphatic carbocycles. The van der Waals surface area contributed by atoms with Gasteiger partial charge in [-0.15, -0.1) is 11.3 Å². The number of hydrogen-bond acceptors (Lipinski definition) is 4. The molecule has 40 heavy (non-hydrogen) atoms. The molecule has 206 valence electrons. The number of amides is 1. The molecule has 3 heterocycles. The molecule has 0 spiro atoms. The summed E-state index contributed by atoms with van der Waals surface area (Å²) in [6.45, 7) is 3.40.